The second-order valence-electron chi connectivity index (χ2n) is 6.63. The van der Waals surface area contributed by atoms with Crippen LogP contribution in [-0.4, -0.2) is 11.6 Å². The van der Waals surface area contributed by atoms with Gasteiger partial charge in [-0.15, -0.1) is 11.3 Å². The van der Waals surface area contributed by atoms with Crippen LogP contribution in [0.3, 0.4) is 0 Å². The Morgan fingerprint density at radius 3 is 2.58 bits per heavy atom. The number of nitrogens with one attached hydrogen (secondary N) is 1. The molecule has 0 saturated heterocycles. The largest absolute Gasteiger partial charge is 0.281 e. The summed E-state index contributed by atoms with van der Waals surface area (Å²) in [5.41, 5.74) is 7.72. The molecule has 2 aromatic rings. The minimum atomic E-state index is -0.0661. The molecule has 24 heavy (non-hydrogen) atoms. The van der Waals surface area contributed by atoms with Crippen molar-refractivity contribution >= 4 is 23.0 Å². The number of hydrogen-bond donors (Lipinski definition) is 1. The lowest BCUT2D eigenvalue weighted by molar-refractivity contribution is 0.0958. The second kappa shape index (κ2) is 6.89. The molecule has 0 spiro atoms. The molecule has 0 radical (unpaired) electrons. The minimum Gasteiger partial charge on any atom is -0.266 e. The number of amides is 1. The highest BCUT2D eigenvalue weighted by Crippen LogP contribution is 2.29. The fourth-order valence-corrected chi connectivity index (χ4v) is 4.80. The molecular formula is C20H22N2OS. The molecule has 0 aliphatic heterocycles. The summed E-state index contributed by atoms with van der Waals surface area (Å²) in [4.78, 5) is 14.7. The molecule has 2 aliphatic rings. The molecule has 0 atom stereocenters. The lowest BCUT2D eigenvalue weighted by Gasteiger charge is -2.08. The highest BCUT2D eigenvalue weighted by Gasteiger charge is 2.18. The Bertz CT molecular complexity index is 767. The number of rotatable bonds is 2. The Balaban J connectivity index is 1.54. The SMILES string of the molecule is O=C(NN=C1CCCCc2ccccc21)c1cc2c(s1)CCCC2. The van der Waals surface area contributed by atoms with Gasteiger partial charge in [-0.3, -0.25) is 4.79 Å². The summed E-state index contributed by atoms with van der Waals surface area (Å²) in [6.45, 7) is 0. The number of aryl methyl sites for hydroxylation is 3. The first-order chi connectivity index (χ1) is 11.8. The van der Waals surface area contributed by atoms with Gasteiger partial charge >= 0.3 is 0 Å². The predicted molar refractivity (Wildman–Crippen MR) is 99.0 cm³/mol. The van der Waals surface area contributed by atoms with Crippen molar-refractivity contribution in [3.63, 3.8) is 0 Å². The van der Waals surface area contributed by atoms with Crippen molar-refractivity contribution in [1.82, 2.24) is 5.43 Å². The van der Waals surface area contributed by atoms with Gasteiger partial charge in [0.15, 0.2) is 0 Å². The van der Waals surface area contributed by atoms with E-state index in [9.17, 15) is 4.79 Å². The van der Waals surface area contributed by atoms with E-state index in [-0.39, 0.29) is 5.91 Å². The molecule has 1 aromatic carbocycles. The predicted octanol–water partition coefficient (Wildman–Crippen LogP) is 4.49. The normalized spacial score (nSPS) is 18.6. The summed E-state index contributed by atoms with van der Waals surface area (Å²) in [6.07, 6.45) is 9.05. The lowest BCUT2D eigenvalue weighted by atomic mass is 9.99. The quantitative estimate of drug-likeness (QED) is 0.636. The van der Waals surface area contributed by atoms with Crippen LogP contribution in [0, 0.1) is 0 Å². The van der Waals surface area contributed by atoms with E-state index >= 15 is 0 Å². The Labute approximate surface area is 146 Å². The van der Waals surface area contributed by atoms with E-state index in [4.69, 9.17) is 0 Å². The lowest BCUT2D eigenvalue weighted by Crippen LogP contribution is -2.19. The van der Waals surface area contributed by atoms with Gasteiger partial charge in [0.1, 0.15) is 0 Å². The summed E-state index contributed by atoms with van der Waals surface area (Å²) in [7, 11) is 0. The van der Waals surface area contributed by atoms with Crippen molar-refractivity contribution in [2.24, 2.45) is 5.10 Å². The molecule has 124 valence electrons. The van der Waals surface area contributed by atoms with Crippen molar-refractivity contribution in [2.75, 3.05) is 0 Å². The van der Waals surface area contributed by atoms with E-state index in [1.807, 2.05) is 0 Å². The average molecular weight is 338 g/mol. The van der Waals surface area contributed by atoms with E-state index in [1.54, 1.807) is 11.3 Å². The van der Waals surface area contributed by atoms with Crippen molar-refractivity contribution < 1.29 is 4.79 Å². The molecule has 1 aromatic heterocycles. The van der Waals surface area contributed by atoms with E-state index < -0.39 is 0 Å². The topological polar surface area (TPSA) is 41.5 Å². The van der Waals surface area contributed by atoms with Crippen LogP contribution in [0.2, 0.25) is 0 Å². The molecule has 0 saturated carbocycles. The zero-order valence-corrected chi connectivity index (χ0v) is 14.6. The van der Waals surface area contributed by atoms with Gasteiger partial charge in [0.2, 0.25) is 0 Å². The van der Waals surface area contributed by atoms with E-state index in [1.165, 1.54) is 40.8 Å². The molecule has 4 heteroatoms. The number of carbonyl (C=O) groups excluding carboxylic acids is 1. The molecule has 0 bridgehead atoms. The van der Waals surface area contributed by atoms with Crippen molar-refractivity contribution in [2.45, 2.75) is 51.4 Å². The van der Waals surface area contributed by atoms with Crippen molar-refractivity contribution in [1.29, 1.82) is 0 Å². The van der Waals surface area contributed by atoms with Gasteiger partial charge in [0.25, 0.3) is 5.91 Å². The summed E-state index contributed by atoms with van der Waals surface area (Å²) >= 11 is 1.64. The molecule has 3 nitrogen and oxygen atoms in total. The first-order valence-corrected chi connectivity index (χ1v) is 9.69. The molecule has 1 heterocycles. The Morgan fingerprint density at radius 2 is 1.71 bits per heavy atom. The molecular weight excluding hydrogens is 316 g/mol. The maximum atomic E-state index is 12.5. The number of thiophene rings is 1. The molecule has 1 amide bonds. The molecule has 2 aliphatic carbocycles. The number of hydrogen-bond acceptors (Lipinski definition) is 3. The van der Waals surface area contributed by atoms with Crippen LogP contribution in [0.25, 0.3) is 0 Å². The van der Waals surface area contributed by atoms with Crippen molar-refractivity contribution in [3.05, 3.63) is 56.8 Å². The maximum absolute atomic E-state index is 12.5. The van der Waals surface area contributed by atoms with Gasteiger partial charge in [-0.1, -0.05) is 24.3 Å². The Morgan fingerprint density at radius 1 is 0.958 bits per heavy atom. The van der Waals surface area contributed by atoms with Crippen molar-refractivity contribution in [3.8, 4) is 0 Å². The first-order valence-electron chi connectivity index (χ1n) is 8.88. The second-order valence-corrected chi connectivity index (χ2v) is 7.77. The fraction of sp³-hybridized carbons (Fsp3) is 0.400. The Kier molecular flexibility index (Phi) is 4.48. The number of fused-ring (bicyclic) bond motifs is 2. The van der Waals surface area contributed by atoms with Crippen LogP contribution in [0.5, 0.6) is 0 Å². The van der Waals surface area contributed by atoms with E-state index in [2.05, 4.69) is 40.9 Å². The fourth-order valence-electron chi connectivity index (χ4n) is 3.65. The number of hydrazone groups is 1. The van der Waals surface area contributed by atoms with Crippen LogP contribution in [0.4, 0.5) is 0 Å². The van der Waals surface area contributed by atoms with E-state index in [0.29, 0.717) is 0 Å². The number of carbonyl (C=O) groups is 1. The number of nitrogens with zero attached hydrogens (tertiary/aromatic N) is 1. The van der Waals surface area contributed by atoms with Gasteiger partial charge < -0.3 is 0 Å². The first kappa shape index (κ1) is 15.6. The average Bonchev–Trinajstić information content (AvgIpc) is 2.95. The highest BCUT2D eigenvalue weighted by atomic mass is 32.1. The van der Waals surface area contributed by atoms with Gasteiger partial charge in [-0.05, 0) is 68.6 Å². The number of benzene rings is 1. The monoisotopic (exact) mass is 338 g/mol. The van der Waals surface area contributed by atoms with Crippen LogP contribution in [0.15, 0.2) is 35.4 Å². The maximum Gasteiger partial charge on any atom is 0.281 e. The highest BCUT2D eigenvalue weighted by molar-refractivity contribution is 7.14. The van der Waals surface area contributed by atoms with Gasteiger partial charge in [0, 0.05) is 10.4 Å². The van der Waals surface area contributed by atoms with Crippen LogP contribution in [-0.2, 0) is 19.3 Å². The summed E-state index contributed by atoms with van der Waals surface area (Å²) in [5.74, 6) is -0.0661. The summed E-state index contributed by atoms with van der Waals surface area (Å²) in [5, 5.41) is 4.49. The third kappa shape index (κ3) is 3.16. The summed E-state index contributed by atoms with van der Waals surface area (Å²) < 4.78 is 0. The standard InChI is InChI=1S/C20H22N2OS/c23-20(19-13-15-9-3-6-12-18(15)24-19)22-21-17-11-5-2-8-14-7-1-4-10-16(14)17/h1,4,7,10,13H,2-3,5-6,8-9,11-12H2,(H,22,23). The molecule has 0 fully saturated rings. The van der Waals surface area contributed by atoms with Gasteiger partial charge in [0.05, 0.1) is 10.6 Å². The third-order valence-corrected chi connectivity index (χ3v) is 6.19. The molecule has 1 N–H and O–H groups in total. The van der Waals surface area contributed by atoms with Crippen LogP contribution in [0.1, 0.15) is 63.3 Å². The van der Waals surface area contributed by atoms with Gasteiger partial charge in [-0.2, -0.15) is 5.10 Å². The van der Waals surface area contributed by atoms with Crippen LogP contribution < -0.4 is 5.43 Å². The molecule has 0 unspecified atom stereocenters. The third-order valence-electron chi connectivity index (χ3n) is 4.95. The summed E-state index contributed by atoms with van der Waals surface area (Å²) in [6, 6.07) is 10.5. The minimum absolute atomic E-state index is 0.0661. The van der Waals surface area contributed by atoms with Gasteiger partial charge in [-0.25, -0.2) is 5.43 Å². The van der Waals surface area contributed by atoms with Crippen LogP contribution >= 0.6 is 11.3 Å². The zero-order valence-electron chi connectivity index (χ0n) is 13.8. The molecule has 4 rings (SSSR count). The van der Waals surface area contributed by atoms with E-state index in [0.717, 1.165) is 42.7 Å². The zero-order chi connectivity index (χ0) is 16.4. The Hall–Kier alpha value is -1.94. The smallest absolute Gasteiger partial charge is 0.266 e.